The lowest BCUT2D eigenvalue weighted by Gasteiger charge is -2.43. The number of carboxylic acid groups (broad SMARTS) is 1. The number of ether oxygens (including phenoxy) is 1. The van der Waals surface area contributed by atoms with E-state index in [1.807, 2.05) is 0 Å². The number of methoxy groups -OCH3 is 1. The first-order chi connectivity index (χ1) is 8.70. The normalized spacial score (nSPS) is 34.4. The van der Waals surface area contributed by atoms with Gasteiger partial charge in [0.15, 0.2) is 0 Å². The monoisotopic (exact) mass is 255 g/mol. The maximum atomic E-state index is 11.0. The molecule has 2 rings (SSSR count). The second-order valence-electron chi connectivity index (χ2n) is 5.66. The highest BCUT2D eigenvalue weighted by atomic mass is 16.5. The Kier molecular flexibility index (Phi) is 5.01. The van der Waals surface area contributed by atoms with Crippen LogP contribution in [0.25, 0.3) is 0 Å². The van der Waals surface area contributed by atoms with Gasteiger partial charge >= 0.3 is 5.97 Å². The molecule has 1 saturated carbocycles. The number of aliphatic carboxylic acids is 1. The van der Waals surface area contributed by atoms with Crippen molar-refractivity contribution in [3.05, 3.63) is 0 Å². The zero-order valence-corrected chi connectivity index (χ0v) is 11.3. The van der Waals surface area contributed by atoms with Crippen molar-refractivity contribution < 1.29 is 14.6 Å². The van der Waals surface area contributed by atoms with Gasteiger partial charge in [0.2, 0.25) is 0 Å². The maximum Gasteiger partial charge on any atom is 0.304 e. The van der Waals surface area contributed by atoms with Gasteiger partial charge in [-0.2, -0.15) is 0 Å². The summed E-state index contributed by atoms with van der Waals surface area (Å²) in [6, 6.07) is 0.783. The molecule has 4 heteroatoms. The molecule has 0 amide bonds. The van der Waals surface area contributed by atoms with Crippen LogP contribution in [0.5, 0.6) is 0 Å². The fourth-order valence-corrected chi connectivity index (χ4v) is 3.56. The Morgan fingerprint density at radius 2 is 2.11 bits per heavy atom. The van der Waals surface area contributed by atoms with Crippen molar-refractivity contribution in [1.29, 1.82) is 0 Å². The number of piperidine rings is 1. The van der Waals surface area contributed by atoms with E-state index in [0.29, 0.717) is 18.6 Å². The average Bonchev–Trinajstić information content (AvgIpc) is 2.39. The molecule has 3 atom stereocenters. The van der Waals surface area contributed by atoms with Gasteiger partial charge in [-0.05, 0) is 45.1 Å². The lowest BCUT2D eigenvalue weighted by atomic mass is 9.88. The van der Waals surface area contributed by atoms with Crippen molar-refractivity contribution in [3.8, 4) is 0 Å². The molecule has 3 unspecified atom stereocenters. The van der Waals surface area contributed by atoms with Crippen molar-refractivity contribution in [2.45, 2.75) is 69.6 Å². The molecule has 0 aromatic rings. The largest absolute Gasteiger partial charge is 0.481 e. The number of hydrogen-bond donors (Lipinski definition) is 1. The third-order valence-electron chi connectivity index (χ3n) is 4.48. The summed E-state index contributed by atoms with van der Waals surface area (Å²) in [5.74, 6) is -0.661. The van der Waals surface area contributed by atoms with Gasteiger partial charge < -0.3 is 9.84 Å². The highest BCUT2D eigenvalue weighted by Gasteiger charge is 2.33. The molecule has 0 aromatic heterocycles. The molecule has 104 valence electrons. The second-order valence-corrected chi connectivity index (χ2v) is 5.66. The predicted octanol–water partition coefficient (Wildman–Crippen LogP) is 2.27. The quantitative estimate of drug-likeness (QED) is 0.837. The number of carbonyl (C=O) groups is 1. The third kappa shape index (κ3) is 3.45. The van der Waals surface area contributed by atoms with Gasteiger partial charge in [-0.15, -0.1) is 0 Å². The van der Waals surface area contributed by atoms with E-state index in [2.05, 4.69) is 4.90 Å². The highest BCUT2D eigenvalue weighted by Crippen LogP contribution is 2.30. The van der Waals surface area contributed by atoms with Gasteiger partial charge in [-0.3, -0.25) is 9.69 Å². The van der Waals surface area contributed by atoms with E-state index >= 15 is 0 Å². The van der Waals surface area contributed by atoms with Crippen LogP contribution in [0.15, 0.2) is 0 Å². The van der Waals surface area contributed by atoms with Crippen LogP contribution in [0.4, 0.5) is 0 Å². The SMILES string of the molecule is COC1CCCC(N2CCCCC2CC(=O)O)C1. The van der Waals surface area contributed by atoms with Crippen molar-refractivity contribution in [3.63, 3.8) is 0 Å². The zero-order chi connectivity index (χ0) is 13.0. The topological polar surface area (TPSA) is 49.8 Å². The Morgan fingerprint density at radius 3 is 2.83 bits per heavy atom. The zero-order valence-electron chi connectivity index (χ0n) is 11.3. The molecule has 0 bridgehead atoms. The number of rotatable bonds is 4. The lowest BCUT2D eigenvalue weighted by Crippen LogP contribution is -2.49. The van der Waals surface area contributed by atoms with E-state index in [4.69, 9.17) is 9.84 Å². The molecule has 1 aliphatic heterocycles. The summed E-state index contributed by atoms with van der Waals surface area (Å²) < 4.78 is 5.49. The molecule has 1 heterocycles. The highest BCUT2D eigenvalue weighted by molar-refractivity contribution is 5.67. The smallest absolute Gasteiger partial charge is 0.304 e. The minimum absolute atomic E-state index is 0.247. The first-order valence-electron chi connectivity index (χ1n) is 7.21. The summed E-state index contributed by atoms with van der Waals surface area (Å²) in [6.45, 7) is 1.07. The van der Waals surface area contributed by atoms with Gasteiger partial charge in [0.25, 0.3) is 0 Å². The molecule has 0 radical (unpaired) electrons. The Labute approximate surface area is 109 Å². The van der Waals surface area contributed by atoms with Gasteiger partial charge in [-0.25, -0.2) is 0 Å². The molecule has 2 fully saturated rings. The van der Waals surface area contributed by atoms with E-state index in [9.17, 15) is 4.79 Å². The third-order valence-corrected chi connectivity index (χ3v) is 4.48. The van der Waals surface area contributed by atoms with Crippen molar-refractivity contribution in [2.24, 2.45) is 0 Å². The fourth-order valence-electron chi connectivity index (χ4n) is 3.56. The van der Waals surface area contributed by atoms with Gasteiger partial charge in [-0.1, -0.05) is 6.42 Å². The summed E-state index contributed by atoms with van der Waals surface area (Å²) >= 11 is 0. The van der Waals surface area contributed by atoms with Gasteiger partial charge in [0.1, 0.15) is 0 Å². The molecule has 1 saturated heterocycles. The maximum absolute atomic E-state index is 11.0. The average molecular weight is 255 g/mol. The van der Waals surface area contributed by atoms with E-state index in [1.54, 1.807) is 7.11 Å². The van der Waals surface area contributed by atoms with Crippen LogP contribution < -0.4 is 0 Å². The Bertz CT molecular complexity index is 282. The van der Waals surface area contributed by atoms with E-state index in [-0.39, 0.29) is 6.04 Å². The first-order valence-corrected chi connectivity index (χ1v) is 7.21. The van der Waals surface area contributed by atoms with Gasteiger partial charge in [0.05, 0.1) is 12.5 Å². The molecule has 0 aromatic carbocycles. The lowest BCUT2D eigenvalue weighted by molar-refractivity contribution is -0.139. The minimum atomic E-state index is -0.661. The van der Waals surface area contributed by atoms with Crippen molar-refractivity contribution >= 4 is 5.97 Å². The fraction of sp³-hybridized carbons (Fsp3) is 0.929. The number of carboxylic acids is 1. The van der Waals surface area contributed by atoms with E-state index in [0.717, 1.165) is 25.8 Å². The molecular formula is C14H25NO3. The molecular weight excluding hydrogens is 230 g/mol. The van der Waals surface area contributed by atoms with E-state index in [1.165, 1.54) is 25.7 Å². The molecule has 2 aliphatic rings. The summed E-state index contributed by atoms with van der Waals surface area (Å²) in [6.07, 6.45) is 8.75. The number of likely N-dealkylation sites (tertiary alicyclic amines) is 1. The molecule has 1 aliphatic carbocycles. The van der Waals surface area contributed by atoms with Crippen molar-refractivity contribution in [1.82, 2.24) is 4.90 Å². The Hall–Kier alpha value is -0.610. The van der Waals surface area contributed by atoms with Crippen LogP contribution in [0.2, 0.25) is 0 Å². The molecule has 0 spiro atoms. The Morgan fingerprint density at radius 1 is 1.28 bits per heavy atom. The van der Waals surface area contributed by atoms with Crippen LogP contribution in [-0.4, -0.2) is 47.8 Å². The van der Waals surface area contributed by atoms with Gasteiger partial charge in [0, 0.05) is 19.2 Å². The van der Waals surface area contributed by atoms with Crippen molar-refractivity contribution in [2.75, 3.05) is 13.7 Å². The number of hydrogen-bond acceptors (Lipinski definition) is 3. The van der Waals surface area contributed by atoms with Crippen LogP contribution in [-0.2, 0) is 9.53 Å². The van der Waals surface area contributed by atoms with Crippen LogP contribution >= 0.6 is 0 Å². The van der Waals surface area contributed by atoms with Crippen LogP contribution in [0, 0.1) is 0 Å². The Balaban J connectivity index is 1.96. The standard InChI is InChI=1S/C14H25NO3/c1-18-13-7-4-6-11(9-13)15-8-3-2-5-12(15)10-14(16)17/h11-13H,2-10H2,1H3,(H,16,17). The summed E-state index contributed by atoms with van der Waals surface area (Å²) in [5, 5.41) is 9.03. The predicted molar refractivity (Wildman–Crippen MR) is 69.7 cm³/mol. The molecule has 1 N–H and O–H groups in total. The molecule has 4 nitrogen and oxygen atoms in total. The summed E-state index contributed by atoms with van der Waals surface area (Å²) in [5.41, 5.74) is 0. The summed E-state index contributed by atoms with van der Waals surface area (Å²) in [7, 11) is 1.79. The van der Waals surface area contributed by atoms with Crippen LogP contribution in [0.3, 0.4) is 0 Å². The number of nitrogens with zero attached hydrogens (tertiary/aromatic N) is 1. The van der Waals surface area contributed by atoms with Crippen LogP contribution in [0.1, 0.15) is 51.4 Å². The molecule has 18 heavy (non-hydrogen) atoms. The first kappa shape index (κ1) is 13.8. The summed E-state index contributed by atoms with van der Waals surface area (Å²) in [4.78, 5) is 13.4. The van der Waals surface area contributed by atoms with E-state index < -0.39 is 5.97 Å². The minimum Gasteiger partial charge on any atom is -0.481 e. The second kappa shape index (κ2) is 6.53.